The lowest BCUT2D eigenvalue weighted by Gasteiger charge is -2.16. The number of carboxylic acids is 2. The maximum atomic E-state index is 12.1. The molecule has 0 radical (unpaired) electrons. The van der Waals surface area contributed by atoms with Gasteiger partial charge in [-0.1, -0.05) is 195 Å². The summed E-state index contributed by atoms with van der Waals surface area (Å²) < 4.78 is 0. The van der Waals surface area contributed by atoms with Crippen molar-refractivity contribution < 1.29 is 19.8 Å². The molecule has 0 spiro atoms. The van der Waals surface area contributed by atoms with Gasteiger partial charge in [0.2, 0.25) is 0 Å². The van der Waals surface area contributed by atoms with Crippen molar-refractivity contribution in [3.63, 3.8) is 0 Å². The summed E-state index contributed by atoms with van der Waals surface area (Å²) >= 11 is 0. The second-order valence-corrected chi connectivity index (χ2v) is 15.8. The molecule has 1 aromatic carbocycles. The summed E-state index contributed by atoms with van der Waals surface area (Å²) in [4.78, 5) is 24.2. The maximum Gasteiger partial charge on any atom is 0.335 e. The molecule has 0 amide bonds. The van der Waals surface area contributed by atoms with E-state index in [4.69, 9.17) is 0 Å². The molecule has 4 nitrogen and oxygen atoms in total. The Balaban J connectivity index is 2.29. The van der Waals surface area contributed by atoms with Crippen LogP contribution in [0.5, 0.6) is 0 Å². The van der Waals surface area contributed by atoms with Gasteiger partial charge < -0.3 is 10.2 Å². The summed E-state index contributed by atoms with van der Waals surface area (Å²) in [6, 6.07) is 3.03. The van der Waals surface area contributed by atoms with Gasteiger partial charge >= 0.3 is 11.9 Å². The fourth-order valence-electron chi connectivity index (χ4n) is 7.26. The Morgan fingerprint density at radius 3 is 0.812 bits per heavy atom. The average Bonchev–Trinajstić information content (AvgIpc) is 3.04. The van der Waals surface area contributed by atoms with Crippen molar-refractivity contribution in [1.29, 1.82) is 0 Å². The number of aromatic carboxylic acids is 2. The average molecular weight is 671 g/mol. The third kappa shape index (κ3) is 23.5. The van der Waals surface area contributed by atoms with Crippen LogP contribution in [0, 0.1) is 11.8 Å². The number of carboxylic acid groups (broad SMARTS) is 2. The summed E-state index contributed by atoms with van der Waals surface area (Å²) in [5.74, 6) is -0.202. The fourth-order valence-corrected chi connectivity index (χ4v) is 7.26. The Hall–Kier alpha value is -1.84. The predicted octanol–water partition coefficient (Wildman–Crippen LogP) is 14.4. The van der Waals surface area contributed by atoms with Gasteiger partial charge in [-0.2, -0.15) is 0 Å². The Morgan fingerprint density at radius 2 is 0.604 bits per heavy atom. The summed E-state index contributed by atoms with van der Waals surface area (Å²) in [6.45, 7) is 9.25. The lowest BCUT2D eigenvalue weighted by molar-refractivity contribution is 0.0679. The van der Waals surface area contributed by atoms with Gasteiger partial charge in [-0.3, -0.25) is 0 Å². The van der Waals surface area contributed by atoms with Gasteiger partial charge in [0.05, 0.1) is 11.1 Å². The summed E-state index contributed by atoms with van der Waals surface area (Å²) in [7, 11) is 0. The lowest BCUT2D eigenvalue weighted by atomic mass is 9.88. The van der Waals surface area contributed by atoms with E-state index >= 15 is 0 Å². The fraction of sp³-hybridized carbons (Fsp3) is 0.818. The summed E-state index contributed by atoms with van der Waals surface area (Å²) in [5.41, 5.74) is 2.13. The van der Waals surface area contributed by atoms with Crippen LogP contribution in [0.2, 0.25) is 0 Å². The van der Waals surface area contributed by atoms with E-state index in [1.807, 2.05) is 0 Å². The molecule has 0 fully saturated rings. The molecule has 0 aliphatic heterocycles. The van der Waals surface area contributed by atoms with Gasteiger partial charge in [0, 0.05) is 0 Å². The highest BCUT2D eigenvalue weighted by Gasteiger charge is 2.20. The van der Waals surface area contributed by atoms with E-state index in [2.05, 4.69) is 27.7 Å². The topological polar surface area (TPSA) is 74.6 Å². The van der Waals surface area contributed by atoms with Gasteiger partial charge in [-0.25, -0.2) is 9.59 Å². The molecule has 0 heterocycles. The number of benzene rings is 1. The van der Waals surface area contributed by atoms with Crippen LogP contribution in [0.25, 0.3) is 0 Å². The van der Waals surface area contributed by atoms with Crippen molar-refractivity contribution >= 4 is 11.9 Å². The van der Waals surface area contributed by atoms with Gasteiger partial charge in [0.25, 0.3) is 0 Å². The minimum Gasteiger partial charge on any atom is -0.478 e. The van der Waals surface area contributed by atoms with Crippen molar-refractivity contribution in [2.45, 2.75) is 220 Å². The maximum absolute atomic E-state index is 12.1. The molecule has 1 aromatic rings. The number of hydrogen-bond donors (Lipinski definition) is 2. The van der Waals surface area contributed by atoms with E-state index < -0.39 is 11.9 Å². The van der Waals surface area contributed by atoms with Crippen LogP contribution >= 0.6 is 0 Å². The van der Waals surface area contributed by atoms with E-state index in [1.54, 1.807) is 0 Å². The molecule has 0 aliphatic carbocycles. The minimum absolute atomic E-state index is 0.297. The second-order valence-electron chi connectivity index (χ2n) is 15.8. The van der Waals surface area contributed by atoms with E-state index in [0.717, 1.165) is 48.6 Å². The normalized spacial score (nSPS) is 11.6. The van der Waals surface area contributed by atoms with E-state index in [1.165, 1.54) is 166 Å². The van der Waals surface area contributed by atoms with Crippen LogP contribution < -0.4 is 0 Å². The Labute approximate surface area is 297 Å². The third-order valence-corrected chi connectivity index (χ3v) is 10.3. The van der Waals surface area contributed by atoms with Crippen molar-refractivity contribution in [3.8, 4) is 0 Å². The van der Waals surface area contributed by atoms with Crippen LogP contribution in [0.4, 0.5) is 0 Å². The largest absolute Gasteiger partial charge is 0.478 e. The Bertz CT molecular complexity index is 859. The van der Waals surface area contributed by atoms with Crippen molar-refractivity contribution in [1.82, 2.24) is 0 Å². The molecule has 0 saturated heterocycles. The van der Waals surface area contributed by atoms with Crippen molar-refractivity contribution in [2.75, 3.05) is 0 Å². The molecule has 0 saturated carbocycles. The number of unbranched alkanes of at least 4 members (excludes halogenated alkanes) is 24. The summed E-state index contributed by atoms with van der Waals surface area (Å²) in [6.07, 6.45) is 37.4. The third-order valence-electron chi connectivity index (χ3n) is 10.3. The van der Waals surface area contributed by atoms with Gasteiger partial charge in [-0.05, 0) is 60.8 Å². The van der Waals surface area contributed by atoms with Crippen LogP contribution in [0.15, 0.2) is 12.1 Å². The first-order chi connectivity index (χ1) is 23.2. The molecule has 278 valence electrons. The predicted molar refractivity (Wildman–Crippen MR) is 207 cm³/mol. The molecule has 0 unspecified atom stereocenters. The second kappa shape index (κ2) is 30.0. The lowest BCUT2D eigenvalue weighted by Crippen LogP contribution is -2.12. The minimum atomic E-state index is -0.940. The van der Waals surface area contributed by atoms with E-state index in [-0.39, 0.29) is 0 Å². The molecule has 0 bridgehead atoms. The zero-order valence-corrected chi connectivity index (χ0v) is 32.2. The molecular weight excluding hydrogens is 592 g/mol. The Kier molecular flexibility index (Phi) is 27.6. The zero-order valence-electron chi connectivity index (χ0n) is 32.2. The van der Waals surface area contributed by atoms with Crippen LogP contribution in [-0.2, 0) is 12.8 Å². The van der Waals surface area contributed by atoms with Crippen molar-refractivity contribution in [2.24, 2.45) is 11.8 Å². The molecular formula is C44H78O4. The molecule has 48 heavy (non-hydrogen) atoms. The van der Waals surface area contributed by atoms with E-state index in [9.17, 15) is 19.8 Å². The first-order valence-electron chi connectivity index (χ1n) is 20.8. The summed E-state index contributed by atoms with van der Waals surface area (Å²) in [5, 5.41) is 19.8. The monoisotopic (exact) mass is 671 g/mol. The zero-order chi connectivity index (χ0) is 35.2. The smallest absolute Gasteiger partial charge is 0.335 e. The van der Waals surface area contributed by atoms with Crippen LogP contribution in [0.1, 0.15) is 239 Å². The Morgan fingerprint density at radius 1 is 0.396 bits per heavy atom. The standard InChI is InChI=1S/C44H78O4/c1-37(2)31-27-23-19-15-11-7-5-9-13-17-21-25-29-33-39-40(42(44(47)48)36-35-41(39)43(45)46)34-30-26-22-18-14-10-6-8-12-16-20-24-28-32-38(3)4/h35-38H,5-34H2,1-4H3,(H,45,46)(H,47,48). The SMILES string of the molecule is CC(C)CCCCCCCCCCCCCCCc1c(C(=O)O)ccc(C(=O)O)c1CCCCCCCCCCCCCCCC(C)C. The highest BCUT2D eigenvalue weighted by Crippen LogP contribution is 2.26. The van der Waals surface area contributed by atoms with Gasteiger partial charge in [0.1, 0.15) is 0 Å². The molecule has 0 aromatic heterocycles. The number of carbonyl (C=O) groups is 2. The quantitative estimate of drug-likeness (QED) is 0.0716. The van der Waals surface area contributed by atoms with Crippen molar-refractivity contribution in [3.05, 3.63) is 34.4 Å². The molecule has 1 rings (SSSR count). The molecule has 4 heteroatoms. The molecule has 2 N–H and O–H groups in total. The highest BCUT2D eigenvalue weighted by molar-refractivity contribution is 5.95. The molecule has 0 atom stereocenters. The molecule has 0 aliphatic rings. The number of rotatable bonds is 34. The first-order valence-corrected chi connectivity index (χ1v) is 20.8. The van der Waals surface area contributed by atoms with Gasteiger partial charge in [-0.15, -0.1) is 0 Å². The van der Waals surface area contributed by atoms with Gasteiger partial charge in [0.15, 0.2) is 0 Å². The van der Waals surface area contributed by atoms with Crippen LogP contribution in [0.3, 0.4) is 0 Å². The number of hydrogen-bond acceptors (Lipinski definition) is 2. The first kappa shape index (κ1) is 44.2. The highest BCUT2D eigenvalue weighted by atomic mass is 16.4. The van der Waals surface area contributed by atoms with Crippen LogP contribution in [-0.4, -0.2) is 22.2 Å². The van der Waals surface area contributed by atoms with E-state index in [0.29, 0.717) is 24.0 Å².